The van der Waals surface area contributed by atoms with Gasteiger partial charge in [0.15, 0.2) is 11.6 Å². The molecular weight excluding hydrogens is 286 g/mol. The fourth-order valence-corrected chi connectivity index (χ4v) is 3.45. The van der Waals surface area contributed by atoms with Crippen LogP contribution in [0.25, 0.3) is 0 Å². The maximum Gasteiger partial charge on any atom is 0.226 e. The van der Waals surface area contributed by atoms with E-state index in [-0.39, 0.29) is 23.8 Å². The summed E-state index contributed by atoms with van der Waals surface area (Å²) in [6.45, 7) is 3.49. The van der Waals surface area contributed by atoms with E-state index in [1.165, 1.54) is 6.07 Å². The van der Waals surface area contributed by atoms with Gasteiger partial charge in [0.1, 0.15) is 0 Å². The number of nitrogens with two attached hydrogens (primary N) is 1. The first-order valence-corrected chi connectivity index (χ1v) is 7.96. The highest BCUT2D eigenvalue weighted by Gasteiger charge is 2.46. The van der Waals surface area contributed by atoms with Crippen LogP contribution in [0.1, 0.15) is 37.7 Å². The Morgan fingerprint density at radius 2 is 2.14 bits per heavy atom. The number of halogens is 2. The number of nitrogens with zero attached hydrogens (tertiary/aromatic N) is 1. The highest BCUT2D eigenvalue weighted by molar-refractivity contribution is 5.83. The lowest BCUT2D eigenvalue weighted by Crippen LogP contribution is -2.45. The van der Waals surface area contributed by atoms with Crippen LogP contribution in [0.5, 0.6) is 0 Å². The van der Waals surface area contributed by atoms with E-state index in [4.69, 9.17) is 5.73 Å². The maximum atomic E-state index is 13.3. The second-order valence-corrected chi connectivity index (χ2v) is 6.67. The molecule has 1 saturated carbocycles. The lowest BCUT2D eigenvalue weighted by Gasteiger charge is -2.34. The molecule has 3 nitrogen and oxygen atoms in total. The highest BCUT2D eigenvalue weighted by atomic mass is 19.2. The van der Waals surface area contributed by atoms with Gasteiger partial charge in [-0.3, -0.25) is 4.79 Å². The Balaban J connectivity index is 1.63. The third-order valence-electron chi connectivity index (χ3n) is 4.99. The normalized spacial score (nSPS) is 29.3. The Bertz CT molecular complexity index is 576. The molecule has 1 aromatic rings. The highest BCUT2D eigenvalue weighted by Crippen LogP contribution is 2.49. The van der Waals surface area contributed by atoms with Crippen molar-refractivity contribution in [3.8, 4) is 0 Å². The van der Waals surface area contributed by atoms with E-state index in [2.05, 4.69) is 0 Å². The molecular formula is C17H22F2N2O. The van der Waals surface area contributed by atoms with Gasteiger partial charge in [-0.05, 0) is 55.7 Å². The smallest absolute Gasteiger partial charge is 0.226 e. The number of benzene rings is 1. The van der Waals surface area contributed by atoms with Crippen molar-refractivity contribution in [3.05, 3.63) is 35.4 Å². The van der Waals surface area contributed by atoms with Crippen molar-refractivity contribution in [1.29, 1.82) is 0 Å². The number of carbonyl (C=O) groups is 1. The summed E-state index contributed by atoms with van der Waals surface area (Å²) in [5, 5.41) is 0. The van der Waals surface area contributed by atoms with Gasteiger partial charge in [-0.25, -0.2) is 8.78 Å². The van der Waals surface area contributed by atoms with Crippen molar-refractivity contribution in [2.75, 3.05) is 13.1 Å². The zero-order chi connectivity index (χ0) is 15.9. The Hall–Kier alpha value is -1.49. The predicted molar refractivity (Wildman–Crippen MR) is 80.2 cm³/mol. The second kappa shape index (κ2) is 5.95. The summed E-state index contributed by atoms with van der Waals surface area (Å²) in [4.78, 5) is 14.5. The SMILES string of the molecule is C[C@H](N)[C@@H]1CCCN(C(=O)[C@H]2C[C@@H]2c2ccc(F)c(F)c2)C1. The third kappa shape index (κ3) is 3.00. The summed E-state index contributed by atoms with van der Waals surface area (Å²) in [7, 11) is 0. The molecule has 0 aromatic heterocycles. The van der Waals surface area contributed by atoms with Gasteiger partial charge >= 0.3 is 0 Å². The van der Waals surface area contributed by atoms with Crippen molar-refractivity contribution in [2.24, 2.45) is 17.6 Å². The number of carbonyl (C=O) groups excluding carboxylic acids is 1. The van der Waals surface area contributed by atoms with Crippen LogP contribution in [0.2, 0.25) is 0 Å². The van der Waals surface area contributed by atoms with Gasteiger partial charge in [-0.1, -0.05) is 6.07 Å². The molecule has 1 aliphatic heterocycles. The summed E-state index contributed by atoms with van der Waals surface area (Å²) in [6, 6.07) is 4.03. The van der Waals surface area contributed by atoms with E-state index in [0.717, 1.165) is 44.0 Å². The van der Waals surface area contributed by atoms with E-state index in [0.29, 0.717) is 5.92 Å². The van der Waals surface area contributed by atoms with Crippen LogP contribution >= 0.6 is 0 Å². The molecule has 120 valence electrons. The quantitative estimate of drug-likeness (QED) is 0.933. The van der Waals surface area contributed by atoms with Gasteiger partial charge in [0, 0.05) is 25.0 Å². The molecule has 1 saturated heterocycles. The number of hydrogen-bond donors (Lipinski definition) is 1. The Morgan fingerprint density at radius 1 is 1.36 bits per heavy atom. The summed E-state index contributed by atoms with van der Waals surface area (Å²) < 4.78 is 26.3. The van der Waals surface area contributed by atoms with E-state index in [9.17, 15) is 13.6 Å². The molecule has 2 aliphatic rings. The van der Waals surface area contributed by atoms with Crippen molar-refractivity contribution in [2.45, 2.75) is 38.1 Å². The van der Waals surface area contributed by atoms with E-state index >= 15 is 0 Å². The summed E-state index contributed by atoms with van der Waals surface area (Å²) in [5.41, 5.74) is 6.68. The molecule has 0 radical (unpaired) electrons. The lowest BCUT2D eigenvalue weighted by atomic mass is 9.92. The molecule has 4 atom stereocenters. The fourth-order valence-electron chi connectivity index (χ4n) is 3.45. The molecule has 3 rings (SSSR count). The van der Waals surface area contributed by atoms with Gasteiger partial charge in [-0.15, -0.1) is 0 Å². The Kier molecular flexibility index (Phi) is 4.17. The minimum atomic E-state index is -0.844. The molecule has 1 aliphatic carbocycles. The van der Waals surface area contributed by atoms with Gasteiger partial charge in [-0.2, -0.15) is 0 Å². The van der Waals surface area contributed by atoms with Crippen LogP contribution in [0.15, 0.2) is 18.2 Å². The molecule has 0 bridgehead atoms. The van der Waals surface area contributed by atoms with Gasteiger partial charge < -0.3 is 10.6 Å². The largest absolute Gasteiger partial charge is 0.342 e. The van der Waals surface area contributed by atoms with Crippen molar-refractivity contribution in [3.63, 3.8) is 0 Å². The summed E-state index contributed by atoms with van der Waals surface area (Å²) in [5.74, 6) is -1.25. The first-order valence-electron chi connectivity index (χ1n) is 7.96. The van der Waals surface area contributed by atoms with Crippen molar-refractivity contribution >= 4 is 5.91 Å². The Morgan fingerprint density at radius 3 is 2.82 bits per heavy atom. The van der Waals surface area contributed by atoms with Crippen molar-refractivity contribution < 1.29 is 13.6 Å². The molecule has 2 N–H and O–H groups in total. The van der Waals surface area contributed by atoms with Gasteiger partial charge in [0.25, 0.3) is 0 Å². The van der Waals surface area contributed by atoms with Crippen LogP contribution in [0, 0.1) is 23.5 Å². The minimum absolute atomic E-state index is 0.0262. The second-order valence-electron chi connectivity index (χ2n) is 6.67. The number of rotatable bonds is 3. The molecule has 5 heteroatoms. The first kappa shape index (κ1) is 15.4. The first-order chi connectivity index (χ1) is 10.5. The zero-order valence-corrected chi connectivity index (χ0v) is 12.8. The molecule has 1 amide bonds. The zero-order valence-electron chi connectivity index (χ0n) is 12.8. The number of hydrogen-bond acceptors (Lipinski definition) is 2. The molecule has 0 spiro atoms. The molecule has 1 heterocycles. The van der Waals surface area contributed by atoms with Crippen LogP contribution in [-0.2, 0) is 4.79 Å². The summed E-state index contributed by atoms with van der Waals surface area (Å²) >= 11 is 0. The van der Waals surface area contributed by atoms with E-state index < -0.39 is 11.6 Å². The number of amides is 1. The number of piperidine rings is 1. The molecule has 1 aromatic carbocycles. The van der Waals surface area contributed by atoms with Crippen LogP contribution < -0.4 is 5.73 Å². The minimum Gasteiger partial charge on any atom is -0.342 e. The molecule has 0 unspecified atom stereocenters. The Labute approximate surface area is 129 Å². The van der Waals surface area contributed by atoms with Crippen LogP contribution in [-0.4, -0.2) is 29.9 Å². The standard InChI is InChI=1S/C17H22F2N2O/c1-10(20)12-3-2-6-21(9-12)17(22)14-8-13(14)11-4-5-15(18)16(19)7-11/h4-5,7,10,12-14H,2-3,6,8-9,20H2,1H3/t10-,12+,13+,14-/m0/s1. The maximum absolute atomic E-state index is 13.3. The average molecular weight is 308 g/mol. The predicted octanol–water partition coefficient (Wildman–Crippen LogP) is 2.65. The van der Waals surface area contributed by atoms with E-state index in [1.54, 1.807) is 6.07 Å². The van der Waals surface area contributed by atoms with Gasteiger partial charge in [0.05, 0.1) is 0 Å². The number of likely N-dealkylation sites (tertiary alicyclic amines) is 1. The topological polar surface area (TPSA) is 46.3 Å². The summed E-state index contributed by atoms with van der Waals surface area (Å²) in [6.07, 6.45) is 2.78. The monoisotopic (exact) mass is 308 g/mol. The average Bonchev–Trinajstić information content (AvgIpc) is 3.30. The van der Waals surface area contributed by atoms with E-state index in [1.807, 2.05) is 11.8 Å². The van der Waals surface area contributed by atoms with Crippen molar-refractivity contribution in [1.82, 2.24) is 4.90 Å². The lowest BCUT2D eigenvalue weighted by molar-refractivity contribution is -0.134. The fraction of sp³-hybridized carbons (Fsp3) is 0.588. The van der Waals surface area contributed by atoms with Crippen LogP contribution in [0.4, 0.5) is 8.78 Å². The van der Waals surface area contributed by atoms with Crippen LogP contribution in [0.3, 0.4) is 0 Å². The van der Waals surface area contributed by atoms with Gasteiger partial charge in [0.2, 0.25) is 5.91 Å². The molecule has 22 heavy (non-hydrogen) atoms. The third-order valence-corrected chi connectivity index (χ3v) is 4.99. The molecule has 2 fully saturated rings.